The molecule has 7 heteroatoms. The van der Waals surface area contributed by atoms with Gasteiger partial charge in [-0.05, 0) is 31.0 Å². The van der Waals surface area contributed by atoms with Crippen LogP contribution in [0.15, 0.2) is 18.2 Å². The van der Waals surface area contributed by atoms with Crippen LogP contribution in [-0.2, 0) is 4.79 Å². The highest BCUT2D eigenvalue weighted by atomic mass is 35.5. The molecule has 1 aromatic rings. The fraction of sp³-hybridized carbons (Fsp3) is 0.385. The number of likely N-dealkylation sites (tertiary alicyclic amines) is 1. The number of hydrogen-bond acceptors (Lipinski definition) is 2. The molecule has 1 atom stereocenters. The van der Waals surface area contributed by atoms with Gasteiger partial charge >= 0.3 is 12.0 Å². The number of hydrogen-bond donors (Lipinski definition) is 2. The molecule has 0 saturated carbocycles. The number of aliphatic carboxylic acids is 1. The van der Waals surface area contributed by atoms with Crippen molar-refractivity contribution >= 4 is 29.3 Å². The van der Waals surface area contributed by atoms with Crippen LogP contribution >= 0.6 is 11.6 Å². The summed E-state index contributed by atoms with van der Waals surface area (Å²) in [5, 5.41) is 11.5. The maximum atomic E-state index is 13.3. The average molecular weight is 301 g/mol. The fourth-order valence-electron chi connectivity index (χ4n) is 2.14. The maximum absolute atomic E-state index is 13.3. The third-order valence-electron chi connectivity index (χ3n) is 3.23. The van der Waals surface area contributed by atoms with Gasteiger partial charge in [0, 0.05) is 18.8 Å². The smallest absolute Gasteiger partial charge is 0.321 e. The molecule has 0 unspecified atom stereocenters. The number of nitrogens with one attached hydrogen (secondary N) is 1. The average Bonchev–Trinajstić information content (AvgIpc) is 2.43. The number of benzene rings is 1. The molecule has 0 bridgehead atoms. The van der Waals surface area contributed by atoms with Crippen molar-refractivity contribution in [1.29, 1.82) is 0 Å². The number of piperidine rings is 1. The fourth-order valence-corrected chi connectivity index (χ4v) is 2.26. The Bertz CT molecular complexity index is 538. The van der Waals surface area contributed by atoms with Crippen molar-refractivity contribution in [3.05, 3.63) is 29.0 Å². The quantitative estimate of drug-likeness (QED) is 0.882. The number of nitrogens with zero attached hydrogens (tertiary/aromatic N) is 1. The van der Waals surface area contributed by atoms with Crippen molar-refractivity contribution in [2.45, 2.75) is 12.8 Å². The van der Waals surface area contributed by atoms with Gasteiger partial charge in [0.05, 0.1) is 10.9 Å². The van der Waals surface area contributed by atoms with Gasteiger partial charge < -0.3 is 15.3 Å². The van der Waals surface area contributed by atoms with Crippen LogP contribution < -0.4 is 5.32 Å². The summed E-state index contributed by atoms with van der Waals surface area (Å²) < 4.78 is 13.3. The summed E-state index contributed by atoms with van der Waals surface area (Å²) in [4.78, 5) is 24.4. The molecule has 1 fully saturated rings. The minimum atomic E-state index is -0.903. The predicted molar refractivity (Wildman–Crippen MR) is 72.4 cm³/mol. The zero-order valence-corrected chi connectivity index (χ0v) is 11.4. The van der Waals surface area contributed by atoms with Crippen LogP contribution in [0, 0.1) is 11.7 Å². The van der Waals surface area contributed by atoms with Gasteiger partial charge in [0.1, 0.15) is 5.82 Å². The van der Waals surface area contributed by atoms with Crippen LogP contribution in [0.3, 0.4) is 0 Å². The number of amides is 2. The van der Waals surface area contributed by atoms with Crippen molar-refractivity contribution in [3.8, 4) is 0 Å². The van der Waals surface area contributed by atoms with Crippen LogP contribution in [0.2, 0.25) is 5.02 Å². The molecule has 1 aromatic carbocycles. The van der Waals surface area contributed by atoms with Crippen molar-refractivity contribution in [2.24, 2.45) is 5.92 Å². The van der Waals surface area contributed by atoms with Gasteiger partial charge in [-0.15, -0.1) is 0 Å². The maximum Gasteiger partial charge on any atom is 0.321 e. The molecule has 20 heavy (non-hydrogen) atoms. The predicted octanol–water partition coefficient (Wildman–Crippen LogP) is 2.81. The van der Waals surface area contributed by atoms with E-state index in [9.17, 15) is 14.0 Å². The summed E-state index contributed by atoms with van der Waals surface area (Å²) in [6.45, 7) is 0.656. The van der Waals surface area contributed by atoms with Gasteiger partial charge in [-0.2, -0.15) is 0 Å². The molecule has 1 aliphatic rings. The van der Waals surface area contributed by atoms with E-state index in [1.54, 1.807) is 0 Å². The lowest BCUT2D eigenvalue weighted by atomic mass is 9.99. The Morgan fingerprint density at radius 3 is 2.85 bits per heavy atom. The normalized spacial score (nSPS) is 18.7. The van der Waals surface area contributed by atoms with Gasteiger partial charge in [0.2, 0.25) is 0 Å². The van der Waals surface area contributed by atoms with Crippen molar-refractivity contribution < 1.29 is 19.1 Å². The lowest BCUT2D eigenvalue weighted by Gasteiger charge is -2.30. The Morgan fingerprint density at radius 1 is 1.45 bits per heavy atom. The summed E-state index contributed by atoms with van der Waals surface area (Å²) >= 11 is 5.56. The number of carboxylic acid groups (broad SMARTS) is 1. The first kappa shape index (κ1) is 14.6. The van der Waals surface area contributed by atoms with Crippen LogP contribution in [0.5, 0.6) is 0 Å². The van der Waals surface area contributed by atoms with Gasteiger partial charge in [0.15, 0.2) is 0 Å². The molecule has 1 heterocycles. The molecule has 0 aliphatic carbocycles. The second kappa shape index (κ2) is 6.09. The molecule has 2 rings (SSSR count). The Morgan fingerprint density at radius 2 is 2.20 bits per heavy atom. The first-order valence-corrected chi connectivity index (χ1v) is 6.59. The van der Waals surface area contributed by atoms with Crippen LogP contribution in [0.25, 0.3) is 0 Å². The topological polar surface area (TPSA) is 69.6 Å². The number of carbonyl (C=O) groups is 2. The lowest BCUT2D eigenvalue weighted by Crippen LogP contribution is -2.44. The van der Waals surface area contributed by atoms with E-state index in [1.807, 2.05) is 0 Å². The van der Waals surface area contributed by atoms with Crippen LogP contribution in [0.4, 0.5) is 14.9 Å². The van der Waals surface area contributed by atoms with E-state index in [1.165, 1.54) is 17.0 Å². The lowest BCUT2D eigenvalue weighted by molar-refractivity contribution is -0.143. The van der Waals surface area contributed by atoms with E-state index >= 15 is 0 Å². The zero-order valence-electron chi connectivity index (χ0n) is 10.6. The third kappa shape index (κ3) is 3.39. The minimum absolute atomic E-state index is 0.0214. The monoisotopic (exact) mass is 300 g/mol. The zero-order chi connectivity index (χ0) is 14.7. The first-order chi connectivity index (χ1) is 9.47. The van der Waals surface area contributed by atoms with E-state index in [0.717, 1.165) is 6.07 Å². The third-order valence-corrected chi connectivity index (χ3v) is 3.54. The van der Waals surface area contributed by atoms with Gasteiger partial charge in [0.25, 0.3) is 0 Å². The molecule has 5 nitrogen and oxygen atoms in total. The van der Waals surface area contributed by atoms with Gasteiger partial charge in [-0.3, -0.25) is 4.79 Å². The highest BCUT2D eigenvalue weighted by Gasteiger charge is 2.28. The van der Waals surface area contributed by atoms with Crippen molar-refractivity contribution in [2.75, 3.05) is 18.4 Å². The van der Waals surface area contributed by atoms with E-state index in [0.29, 0.717) is 19.4 Å². The molecule has 1 aliphatic heterocycles. The number of urea groups is 1. The summed E-state index contributed by atoms with van der Waals surface area (Å²) in [5.41, 5.74) is 0.286. The Kier molecular flexibility index (Phi) is 4.44. The molecule has 1 saturated heterocycles. The Labute approximate surface area is 120 Å². The molecule has 0 aromatic heterocycles. The van der Waals surface area contributed by atoms with Gasteiger partial charge in [-0.25, -0.2) is 9.18 Å². The largest absolute Gasteiger partial charge is 0.481 e. The Hall–Kier alpha value is -1.82. The van der Waals surface area contributed by atoms with Crippen LogP contribution in [0.1, 0.15) is 12.8 Å². The Balaban J connectivity index is 2.00. The molecule has 108 valence electrons. The number of carbonyl (C=O) groups excluding carboxylic acids is 1. The molecular weight excluding hydrogens is 287 g/mol. The molecule has 0 spiro atoms. The molecule has 0 radical (unpaired) electrons. The molecular formula is C13H14ClFN2O3. The number of rotatable bonds is 2. The summed E-state index contributed by atoms with van der Waals surface area (Å²) in [7, 11) is 0. The second-order valence-electron chi connectivity index (χ2n) is 4.68. The number of carboxylic acids is 1. The van der Waals surface area contributed by atoms with E-state index in [2.05, 4.69) is 5.32 Å². The van der Waals surface area contributed by atoms with Gasteiger partial charge in [-0.1, -0.05) is 11.6 Å². The van der Waals surface area contributed by atoms with E-state index in [4.69, 9.17) is 16.7 Å². The SMILES string of the molecule is O=C(O)[C@@H]1CCCN(C(=O)Nc2ccc(Cl)c(F)c2)C1. The number of anilines is 1. The second-order valence-corrected chi connectivity index (χ2v) is 5.09. The first-order valence-electron chi connectivity index (χ1n) is 6.21. The van der Waals surface area contributed by atoms with Crippen molar-refractivity contribution in [1.82, 2.24) is 4.90 Å². The summed E-state index contributed by atoms with van der Waals surface area (Å²) in [5.74, 6) is -2.07. The van der Waals surface area contributed by atoms with E-state index < -0.39 is 23.7 Å². The van der Waals surface area contributed by atoms with Crippen LogP contribution in [-0.4, -0.2) is 35.1 Å². The van der Waals surface area contributed by atoms with E-state index in [-0.39, 0.29) is 17.3 Å². The standard InChI is InChI=1S/C13H14ClFN2O3/c14-10-4-3-9(6-11(10)15)16-13(20)17-5-1-2-8(7-17)12(18)19/h3-4,6,8H,1-2,5,7H2,(H,16,20)(H,18,19)/t8-/m1/s1. The highest BCUT2D eigenvalue weighted by molar-refractivity contribution is 6.30. The number of halogens is 2. The molecule has 2 amide bonds. The molecule has 2 N–H and O–H groups in total. The van der Waals surface area contributed by atoms with Crippen molar-refractivity contribution in [3.63, 3.8) is 0 Å². The minimum Gasteiger partial charge on any atom is -0.481 e. The summed E-state index contributed by atoms with van der Waals surface area (Å²) in [6, 6.07) is 3.53. The highest BCUT2D eigenvalue weighted by Crippen LogP contribution is 2.21. The summed E-state index contributed by atoms with van der Waals surface area (Å²) in [6.07, 6.45) is 1.20.